The number of halogens is 2. The molecule has 43 heavy (non-hydrogen) atoms. The summed E-state index contributed by atoms with van der Waals surface area (Å²) >= 11 is 11.6. The number of hydrogen-bond donors (Lipinski definition) is 1. The number of hydrogen-bond acceptors (Lipinski definition) is 4. The molecule has 0 spiro atoms. The summed E-state index contributed by atoms with van der Waals surface area (Å²) in [6, 6.07) is 17.8. The number of imidazole rings is 2. The first-order valence-electron chi connectivity index (χ1n) is 13.8. The number of carboxylic acids is 1. The van der Waals surface area contributed by atoms with E-state index in [1.165, 1.54) is 4.37 Å². The van der Waals surface area contributed by atoms with E-state index in [1.807, 2.05) is 35.0 Å². The predicted octanol–water partition coefficient (Wildman–Crippen LogP) is 8.11. The Morgan fingerprint density at radius 2 is 1.79 bits per heavy atom. The van der Waals surface area contributed by atoms with E-state index in [0.717, 1.165) is 34.3 Å². The topological polar surface area (TPSA) is 82.2 Å². The molecule has 10 heteroatoms. The van der Waals surface area contributed by atoms with Gasteiger partial charge in [-0.2, -0.15) is 0 Å². The Morgan fingerprint density at radius 3 is 2.51 bits per heavy atom. The first-order chi connectivity index (χ1) is 20.7. The molecule has 0 amide bonds. The van der Waals surface area contributed by atoms with E-state index >= 15 is 0 Å². The van der Waals surface area contributed by atoms with Crippen LogP contribution in [0.25, 0.3) is 33.9 Å². The van der Waals surface area contributed by atoms with Gasteiger partial charge in [0.15, 0.2) is 0 Å². The van der Waals surface area contributed by atoms with E-state index in [1.54, 1.807) is 36.4 Å². The van der Waals surface area contributed by atoms with Crippen LogP contribution in [0.2, 0.25) is 24.2 Å². The molecule has 0 saturated heterocycles. The van der Waals surface area contributed by atoms with Crippen LogP contribution in [0.5, 0.6) is 0 Å². The third kappa shape index (κ3) is 7.45. The fourth-order valence-corrected chi connectivity index (χ4v) is 7.36. The molecule has 7 nitrogen and oxygen atoms in total. The van der Waals surface area contributed by atoms with Crippen molar-refractivity contribution in [2.45, 2.75) is 40.7 Å². The van der Waals surface area contributed by atoms with Gasteiger partial charge in [-0.15, -0.1) is 0 Å². The maximum atomic E-state index is 11.4. The summed E-state index contributed by atoms with van der Waals surface area (Å²) in [5.74, 6) is 6.68. The van der Waals surface area contributed by atoms with Gasteiger partial charge in [0.1, 0.15) is 0 Å². The van der Waals surface area contributed by atoms with Crippen LogP contribution in [-0.2, 0) is 18.0 Å². The van der Waals surface area contributed by atoms with E-state index in [4.69, 9.17) is 37.9 Å². The SMILES string of the molecule is CCn1cc(-c2ccc(Cl)cc2Cl)nc1-c1nc2ccc(C#Cc3cccc(C(=O)O)c3)cc2n1COCC[CH2][Sb]([CH3])[CH3]. The number of nitrogens with zero attached hydrogens (tertiary/aromatic N) is 4. The molecule has 1 N–H and O–H groups in total. The Kier molecular flexibility index (Phi) is 10.2. The standard InChI is InChI=1S/C31H25Cl2N4O3.2CH3.Sb/c1-3-14-40-19-37-28-16-21(9-8-20-6-5-7-22(15-20)31(38)39)10-13-26(28)34-30(37)29-35-27(18-36(29)4-2)24-12-11-23(32)17-25(24)33;;;/h5-7,10-13,15-18H,1,3-4,14,19H2,2H3,(H,38,39);2*1H3;. The molecule has 0 aliphatic carbocycles. The van der Waals surface area contributed by atoms with Gasteiger partial charge >= 0.3 is 190 Å². The zero-order valence-corrected chi connectivity index (χ0v) is 28.2. The second-order valence-corrected chi connectivity index (χ2v) is 18.5. The van der Waals surface area contributed by atoms with Crippen molar-refractivity contribution in [2.75, 3.05) is 6.61 Å². The summed E-state index contributed by atoms with van der Waals surface area (Å²) in [4.78, 5) is 26.1. The van der Waals surface area contributed by atoms with Gasteiger partial charge in [0.2, 0.25) is 0 Å². The number of ether oxygens (including phenoxy) is 1. The molecule has 220 valence electrons. The van der Waals surface area contributed by atoms with Crippen LogP contribution >= 0.6 is 23.2 Å². The Bertz CT molecular complexity index is 1850. The number of carbonyl (C=O) groups is 1. The summed E-state index contributed by atoms with van der Waals surface area (Å²) in [6.45, 7) is 3.74. The third-order valence-corrected chi connectivity index (χ3v) is 10.9. The van der Waals surface area contributed by atoms with Gasteiger partial charge in [-0.25, -0.2) is 4.79 Å². The van der Waals surface area contributed by atoms with Crippen molar-refractivity contribution in [3.8, 4) is 34.7 Å². The Morgan fingerprint density at radius 1 is 1.00 bits per heavy atom. The summed E-state index contributed by atoms with van der Waals surface area (Å²) in [7, 11) is 0. The summed E-state index contributed by atoms with van der Waals surface area (Å²) in [5.41, 5.74) is 4.81. The molecule has 3 aromatic carbocycles. The minimum absolute atomic E-state index is 0.203. The number of aromatic carboxylic acids is 1. The van der Waals surface area contributed by atoms with Crippen molar-refractivity contribution in [1.29, 1.82) is 0 Å². The van der Waals surface area contributed by atoms with Crippen LogP contribution in [0.3, 0.4) is 0 Å². The van der Waals surface area contributed by atoms with E-state index in [0.29, 0.717) is 47.1 Å². The van der Waals surface area contributed by atoms with Crippen molar-refractivity contribution in [2.24, 2.45) is 0 Å². The number of fused-ring (bicyclic) bond motifs is 1. The van der Waals surface area contributed by atoms with Crippen LogP contribution in [0.4, 0.5) is 0 Å². The second kappa shape index (κ2) is 14.0. The van der Waals surface area contributed by atoms with Gasteiger partial charge < -0.3 is 5.11 Å². The average Bonchev–Trinajstić information content (AvgIpc) is 3.57. The molecule has 0 bridgehead atoms. The zero-order valence-electron chi connectivity index (χ0n) is 24.1. The van der Waals surface area contributed by atoms with E-state index in [2.05, 4.69) is 33.1 Å². The Hall–Kier alpha value is -3.27. The van der Waals surface area contributed by atoms with Crippen LogP contribution in [-0.4, -0.2) is 57.0 Å². The summed E-state index contributed by atoms with van der Waals surface area (Å²) in [5, 5.41) is 10.4. The minimum atomic E-state index is -1.05. The Labute approximate surface area is 268 Å². The van der Waals surface area contributed by atoms with Gasteiger partial charge in [0.05, 0.1) is 5.56 Å². The van der Waals surface area contributed by atoms with Gasteiger partial charge in [0, 0.05) is 5.02 Å². The van der Waals surface area contributed by atoms with Crippen molar-refractivity contribution >= 4 is 60.4 Å². The number of aryl methyl sites for hydroxylation is 1. The van der Waals surface area contributed by atoms with Crippen molar-refractivity contribution in [1.82, 2.24) is 19.1 Å². The Balaban J connectivity index is 1.56. The molecule has 0 aliphatic heterocycles. The van der Waals surface area contributed by atoms with E-state index < -0.39 is 26.2 Å². The number of carboxylic acid groups (broad SMARTS) is 1. The predicted molar refractivity (Wildman–Crippen MR) is 174 cm³/mol. The van der Waals surface area contributed by atoms with Crippen molar-refractivity contribution in [3.63, 3.8) is 0 Å². The molecule has 2 aromatic heterocycles. The fraction of sp³-hybridized carbons (Fsp3) is 0.242. The van der Waals surface area contributed by atoms with Crippen molar-refractivity contribution in [3.05, 3.63) is 93.6 Å². The summed E-state index contributed by atoms with van der Waals surface area (Å²) in [6.07, 6.45) is 3.03. The molecule has 0 saturated carbocycles. The first-order valence-corrected chi connectivity index (χ1v) is 21.5. The quantitative estimate of drug-likeness (QED) is 0.0895. The van der Waals surface area contributed by atoms with Crippen LogP contribution < -0.4 is 0 Å². The van der Waals surface area contributed by atoms with E-state index in [-0.39, 0.29) is 5.56 Å². The average molecular weight is 724 g/mol. The molecule has 2 heterocycles. The van der Waals surface area contributed by atoms with Gasteiger partial charge in [0.25, 0.3) is 0 Å². The monoisotopic (exact) mass is 722 g/mol. The first kappa shape index (κ1) is 31.2. The normalized spacial score (nSPS) is 11.2. The zero-order chi connectivity index (χ0) is 30.5. The molecule has 0 atom stereocenters. The van der Waals surface area contributed by atoms with Crippen LogP contribution in [0.1, 0.15) is 34.8 Å². The van der Waals surface area contributed by atoms with Crippen LogP contribution in [0.15, 0.2) is 66.9 Å². The van der Waals surface area contributed by atoms with Gasteiger partial charge in [-0.05, 0) is 30.3 Å². The van der Waals surface area contributed by atoms with Gasteiger partial charge in [-0.1, -0.05) is 29.3 Å². The number of benzene rings is 3. The molecular weight excluding hydrogens is 693 g/mol. The number of rotatable bonds is 10. The number of aromatic nitrogens is 4. The molecule has 0 fully saturated rings. The molecule has 0 aliphatic rings. The van der Waals surface area contributed by atoms with Crippen molar-refractivity contribution < 1.29 is 14.6 Å². The van der Waals surface area contributed by atoms with E-state index in [9.17, 15) is 9.90 Å². The molecular formula is C33H31Cl2N4O3Sb. The molecule has 5 rings (SSSR count). The second-order valence-electron chi connectivity index (χ2n) is 10.3. The summed E-state index contributed by atoms with van der Waals surface area (Å²) < 4.78 is 11.6. The maximum absolute atomic E-state index is 11.4. The van der Waals surface area contributed by atoms with Gasteiger partial charge in [-0.3, -0.25) is 0 Å². The molecule has 0 radical (unpaired) electrons. The van der Waals surface area contributed by atoms with Crippen LogP contribution in [0, 0.1) is 11.8 Å². The fourth-order valence-electron chi connectivity index (χ4n) is 4.68. The molecule has 5 aromatic rings. The third-order valence-electron chi connectivity index (χ3n) is 6.85. The molecule has 0 unspecified atom stereocenters.